The van der Waals surface area contributed by atoms with Gasteiger partial charge in [-0.25, -0.2) is 4.99 Å². The molecule has 0 bridgehead atoms. The van der Waals surface area contributed by atoms with E-state index >= 15 is 0 Å². The number of carbonyl (C=O) groups excluding carboxylic acids is 1. The lowest BCUT2D eigenvalue weighted by molar-refractivity contribution is -0.127. The molecule has 2 N–H and O–H groups in total. The molecule has 1 heterocycles. The van der Waals surface area contributed by atoms with Gasteiger partial charge < -0.3 is 20.4 Å². The van der Waals surface area contributed by atoms with E-state index in [0.717, 1.165) is 38.4 Å². The second kappa shape index (κ2) is 12.4. The zero-order valence-corrected chi connectivity index (χ0v) is 17.8. The van der Waals surface area contributed by atoms with Gasteiger partial charge in [-0.3, -0.25) is 4.79 Å². The van der Waals surface area contributed by atoms with Gasteiger partial charge in [-0.2, -0.15) is 0 Å². The van der Waals surface area contributed by atoms with Crippen molar-refractivity contribution in [3.63, 3.8) is 0 Å². The Morgan fingerprint density at radius 3 is 2.64 bits per heavy atom. The third kappa shape index (κ3) is 8.30. The molecule has 0 aliphatic carbocycles. The van der Waals surface area contributed by atoms with Gasteiger partial charge in [0.05, 0.1) is 0 Å². The van der Waals surface area contributed by atoms with Crippen LogP contribution in [0.3, 0.4) is 0 Å². The minimum atomic E-state index is 0.00583. The molecule has 1 aliphatic rings. The highest BCUT2D eigenvalue weighted by atomic mass is 16.2. The van der Waals surface area contributed by atoms with E-state index in [0.29, 0.717) is 6.04 Å². The molecule has 0 aromatic heterocycles. The number of rotatable bonds is 9. The van der Waals surface area contributed by atoms with Crippen molar-refractivity contribution in [1.29, 1.82) is 0 Å². The molecule has 156 valence electrons. The predicted molar refractivity (Wildman–Crippen MR) is 117 cm³/mol. The van der Waals surface area contributed by atoms with Crippen LogP contribution >= 0.6 is 0 Å². The number of aliphatic imine (C=N–C) groups is 1. The van der Waals surface area contributed by atoms with Crippen LogP contribution in [0.15, 0.2) is 35.3 Å². The molecule has 1 atom stereocenters. The smallest absolute Gasteiger partial charge is 0.243 e. The van der Waals surface area contributed by atoms with Gasteiger partial charge in [0.15, 0.2) is 5.96 Å². The number of amides is 1. The Hall–Kier alpha value is -2.08. The normalized spacial score (nSPS) is 18.0. The fourth-order valence-electron chi connectivity index (χ4n) is 3.41. The first-order valence-electron chi connectivity index (χ1n) is 10.6. The van der Waals surface area contributed by atoms with Crippen molar-refractivity contribution in [3.05, 3.63) is 35.9 Å². The number of likely N-dealkylation sites (tertiary alicyclic amines) is 1. The lowest BCUT2D eigenvalue weighted by Gasteiger charge is -2.33. The molecule has 1 fully saturated rings. The van der Waals surface area contributed by atoms with Crippen molar-refractivity contribution < 1.29 is 4.79 Å². The maximum atomic E-state index is 11.9. The molecule has 1 aromatic rings. The van der Waals surface area contributed by atoms with E-state index in [-0.39, 0.29) is 12.5 Å². The van der Waals surface area contributed by atoms with Crippen LogP contribution in [-0.4, -0.2) is 74.5 Å². The summed E-state index contributed by atoms with van der Waals surface area (Å²) in [5, 5.41) is 6.76. The summed E-state index contributed by atoms with van der Waals surface area (Å²) >= 11 is 0. The molecule has 6 nitrogen and oxygen atoms in total. The van der Waals surface area contributed by atoms with Crippen molar-refractivity contribution in [3.8, 4) is 0 Å². The van der Waals surface area contributed by atoms with Crippen LogP contribution in [0.2, 0.25) is 0 Å². The Morgan fingerprint density at radius 2 is 1.93 bits per heavy atom. The Morgan fingerprint density at radius 1 is 1.18 bits per heavy atom. The van der Waals surface area contributed by atoms with Crippen molar-refractivity contribution in [2.75, 3.05) is 46.8 Å². The molecule has 2 rings (SSSR count). The Kier molecular flexibility index (Phi) is 9.83. The largest absolute Gasteiger partial charge is 0.356 e. The summed E-state index contributed by atoms with van der Waals surface area (Å²) in [6.07, 6.45) is 5.99. The topological polar surface area (TPSA) is 60.0 Å². The molecule has 0 radical (unpaired) electrons. The van der Waals surface area contributed by atoms with Crippen LogP contribution in [-0.2, 0) is 11.2 Å². The lowest BCUT2D eigenvalue weighted by Crippen LogP contribution is -2.42. The van der Waals surface area contributed by atoms with Crippen LogP contribution in [0.1, 0.15) is 38.2 Å². The van der Waals surface area contributed by atoms with Crippen molar-refractivity contribution in [2.24, 2.45) is 4.99 Å². The number of carbonyl (C=O) groups is 1. The number of piperidine rings is 1. The number of hydrogen-bond acceptors (Lipinski definition) is 3. The first-order chi connectivity index (χ1) is 13.6. The average Bonchev–Trinajstić information content (AvgIpc) is 2.70. The zero-order valence-electron chi connectivity index (χ0n) is 17.8. The quantitative estimate of drug-likeness (QED) is 0.387. The molecule has 0 spiro atoms. The van der Waals surface area contributed by atoms with Gasteiger partial charge in [0, 0.05) is 39.8 Å². The predicted octanol–water partition coefficient (Wildman–Crippen LogP) is 2.12. The molecular weight excluding hydrogens is 350 g/mol. The zero-order chi connectivity index (χ0) is 20.2. The van der Waals surface area contributed by atoms with Gasteiger partial charge in [0.2, 0.25) is 5.91 Å². The number of nitrogens with zero attached hydrogens (tertiary/aromatic N) is 3. The number of nitrogens with one attached hydrogen (secondary N) is 2. The van der Waals surface area contributed by atoms with Crippen molar-refractivity contribution >= 4 is 11.9 Å². The van der Waals surface area contributed by atoms with Gasteiger partial charge >= 0.3 is 0 Å². The highest BCUT2D eigenvalue weighted by Gasteiger charge is 2.17. The highest BCUT2D eigenvalue weighted by molar-refractivity contribution is 5.84. The van der Waals surface area contributed by atoms with E-state index in [1.165, 1.54) is 31.4 Å². The molecular formula is C22H37N5O. The second-order valence-corrected chi connectivity index (χ2v) is 7.78. The first kappa shape index (κ1) is 22.2. The fraction of sp³-hybridized carbons (Fsp3) is 0.636. The van der Waals surface area contributed by atoms with Crippen molar-refractivity contribution in [2.45, 2.75) is 45.1 Å². The van der Waals surface area contributed by atoms with E-state index in [1.807, 2.05) is 6.07 Å². The third-order valence-electron chi connectivity index (χ3n) is 5.28. The first-order valence-corrected chi connectivity index (χ1v) is 10.6. The minimum absolute atomic E-state index is 0.00583. The monoisotopic (exact) mass is 387 g/mol. The van der Waals surface area contributed by atoms with Crippen LogP contribution in [0, 0.1) is 0 Å². The SMILES string of the molecule is CC1CCCCN1CCCNC(=NCC(=O)N(C)C)NCCc1ccccc1. The van der Waals surface area contributed by atoms with Gasteiger partial charge in [0.1, 0.15) is 6.54 Å². The molecule has 1 unspecified atom stereocenters. The molecule has 1 saturated heterocycles. The Labute approximate surface area is 170 Å². The highest BCUT2D eigenvalue weighted by Crippen LogP contribution is 2.15. The standard InChI is InChI=1S/C22H37N5O/c1-19-10-7-8-16-27(19)17-9-14-23-22(25-18-21(28)26(2)3)24-15-13-20-11-5-4-6-12-20/h4-6,11-12,19H,7-10,13-18H2,1-3H3,(H2,23,24,25). The summed E-state index contributed by atoms with van der Waals surface area (Å²) in [6, 6.07) is 11.1. The molecule has 0 saturated carbocycles. The summed E-state index contributed by atoms with van der Waals surface area (Å²) in [6.45, 7) is 6.47. The van der Waals surface area contributed by atoms with E-state index in [4.69, 9.17) is 0 Å². The molecule has 28 heavy (non-hydrogen) atoms. The fourth-order valence-corrected chi connectivity index (χ4v) is 3.41. The van der Waals surface area contributed by atoms with Crippen LogP contribution in [0.25, 0.3) is 0 Å². The van der Waals surface area contributed by atoms with E-state index in [9.17, 15) is 4.79 Å². The Balaban J connectivity index is 1.77. The maximum absolute atomic E-state index is 11.9. The maximum Gasteiger partial charge on any atom is 0.243 e. The summed E-state index contributed by atoms with van der Waals surface area (Å²) in [7, 11) is 3.52. The van der Waals surface area contributed by atoms with Crippen LogP contribution < -0.4 is 10.6 Å². The van der Waals surface area contributed by atoms with Crippen LogP contribution in [0.4, 0.5) is 0 Å². The summed E-state index contributed by atoms with van der Waals surface area (Å²) in [4.78, 5) is 20.5. The second-order valence-electron chi connectivity index (χ2n) is 7.78. The van der Waals surface area contributed by atoms with E-state index in [1.54, 1.807) is 19.0 Å². The third-order valence-corrected chi connectivity index (χ3v) is 5.28. The Bertz CT molecular complexity index is 602. The summed E-state index contributed by atoms with van der Waals surface area (Å²) in [5.74, 6) is 0.726. The van der Waals surface area contributed by atoms with Gasteiger partial charge in [0.25, 0.3) is 0 Å². The van der Waals surface area contributed by atoms with Gasteiger partial charge in [-0.1, -0.05) is 36.8 Å². The number of guanidine groups is 1. The minimum Gasteiger partial charge on any atom is -0.356 e. The van der Waals surface area contributed by atoms with Crippen LogP contribution in [0.5, 0.6) is 0 Å². The summed E-state index contributed by atoms with van der Waals surface area (Å²) < 4.78 is 0. The number of likely N-dealkylation sites (N-methyl/N-ethyl adjacent to an activating group) is 1. The number of hydrogen-bond donors (Lipinski definition) is 2. The van der Waals surface area contributed by atoms with E-state index in [2.05, 4.69) is 51.7 Å². The number of benzene rings is 1. The van der Waals surface area contributed by atoms with Gasteiger partial charge in [-0.05, 0) is 44.7 Å². The lowest BCUT2D eigenvalue weighted by atomic mass is 10.0. The summed E-state index contributed by atoms with van der Waals surface area (Å²) in [5.41, 5.74) is 1.29. The molecule has 6 heteroatoms. The van der Waals surface area contributed by atoms with Crippen molar-refractivity contribution in [1.82, 2.24) is 20.4 Å². The van der Waals surface area contributed by atoms with Gasteiger partial charge in [-0.15, -0.1) is 0 Å². The molecule has 1 amide bonds. The molecule has 1 aromatic carbocycles. The molecule has 1 aliphatic heterocycles. The van der Waals surface area contributed by atoms with E-state index < -0.39 is 0 Å². The average molecular weight is 388 g/mol.